The van der Waals surface area contributed by atoms with E-state index in [2.05, 4.69) is 9.88 Å². The molecule has 1 aliphatic rings. The molecule has 0 saturated carbocycles. The number of thiazole rings is 1. The first kappa shape index (κ1) is 20.9. The third-order valence-corrected chi connectivity index (χ3v) is 7.43. The number of benzene rings is 2. The predicted octanol–water partition coefficient (Wildman–Crippen LogP) is 3.32. The van der Waals surface area contributed by atoms with E-state index in [1.54, 1.807) is 41.3 Å². The van der Waals surface area contributed by atoms with Crippen molar-refractivity contribution in [2.45, 2.75) is 4.90 Å². The Morgan fingerprint density at radius 3 is 2.53 bits per heavy atom. The quantitative estimate of drug-likeness (QED) is 0.588. The van der Waals surface area contributed by atoms with Crippen molar-refractivity contribution in [1.29, 1.82) is 0 Å². The SMILES string of the molecule is COc1ccc(Cl)cc1C(=O)N1CCN(c2nc3ccc(S(C)(=O)=O)cc3s2)CC1. The van der Waals surface area contributed by atoms with Crippen molar-refractivity contribution in [1.82, 2.24) is 9.88 Å². The lowest BCUT2D eigenvalue weighted by atomic mass is 10.1. The molecule has 0 spiro atoms. The van der Waals surface area contributed by atoms with Crippen LogP contribution in [0.2, 0.25) is 5.02 Å². The fourth-order valence-electron chi connectivity index (χ4n) is 3.38. The average molecular weight is 466 g/mol. The van der Waals surface area contributed by atoms with E-state index < -0.39 is 9.84 Å². The van der Waals surface area contributed by atoms with E-state index in [1.165, 1.54) is 24.7 Å². The van der Waals surface area contributed by atoms with Crippen LogP contribution in [-0.4, -0.2) is 63.8 Å². The first-order valence-corrected chi connectivity index (χ1v) is 12.3. The molecule has 3 aromatic rings. The summed E-state index contributed by atoms with van der Waals surface area (Å²) in [5.74, 6) is 0.385. The number of hydrogen-bond acceptors (Lipinski definition) is 7. The van der Waals surface area contributed by atoms with Gasteiger partial charge in [-0.2, -0.15) is 0 Å². The Balaban J connectivity index is 1.49. The minimum Gasteiger partial charge on any atom is -0.496 e. The van der Waals surface area contributed by atoms with E-state index in [4.69, 9.17) is 16.3 Å². The summed E-state index contributed by atoms with van der Waals surface area (Å²) in [4.78, 5) is 21.8. The monoisotopic (exact) mass is 465 g/mol. The number of halogens is 1. The van der Waals surface area contributed by atoms with Gasteiger partial charge in [0.05, 0.1) is 27.8 Å². The highest BCUT2D eigenvalue weighted by molar-refractivity contribution is 7.90. The molecular formula is C20H20ClN3O4S2. The average Bonchev–Trinajstić information content (AvgIpc) is 3.16. The molecule has 7 nitrogen and oxygen atoms in total. The van der Waals surface area contributed by atoms with Crippen molar-refractivity contribution in [3.63, 3.8) is 0 Å². The highest BCUT2D eigenvalue weighted by Crippen LogP contribution is 2.31. The summed E-state index contributed by atoms with van der Waals surface area (Å²) in [6, 6.07) is 9.99. The maximum atomic E-state index is 12.9. The number of rotatable bonds is 4. The van der Waals surface area contributed by atoms with E-state index >= 15 is 0 Å². The maximum Gasteiger partial charge on any atom is 0.257 e. The standard InChI is InChI=1S/C20H20ClN3O4S2/c1-28-17-6-3-13(21)11-15(17)19(25)23-7-9-24(10-8-23)20-22-16-5-4-14(30(2,26)27)12-18(16)29-20/h3-6,11-12H,7-10H2,1-2H3. The molecule has 1 aromatic heterocycles. The van der Waals surface area contributed by atoms with E-state index in [1.807, 2.05) is 0 Å². The van der Waals surface area contributed by atoms with E-state index in [-0.39, 0.29) is 10.8 Å². The van der Waals surface area contributed by atoms with Crippen LogP contribution in [0.15, 0.2) is 41.3 Å². The number of methoxy groups -OCH3 is 1. The highest BCUT2D eigenvalue weighted by Gasteiger charge is 2.26. The van der Waals surface area contributed by atoms with E-state index in [0.717, 1.165) is 15.3 Å². The number of fused-ring (bicyclic) bond motifs is 1. The number of nitrogens with zero attached hydrogens (tertiary/aromatic N) is 3. The number of carbonyl (C=O) groups excluding carboxylic acids is 1. The highest BCUT2D eigenvalue weighted by atomic mass is 35.5. The molecule has 0 N–H and O–H groups in total. The number of anilines is 1. The molecule has 10 heteroatoms. The molecule has 0 bridgehead atoms. The zero-order valence-electron chi connectivity index (χ0n) is 16.5. The molecule has 0 unspecified atom stereocenters. The molecule has 30 heavy (non-hydrogen) atoms. The Hall–Kier alpha value is -2.36. The Bertz CT molecular complexity index is 1220. The Morgan fingerprint density at radius 1 is 1.13 bits per heavy atom. The molecule has 0 aliphatic carbocycles. The van der Waals surface area contributed by atoms with Crippen LogP contribution in [0, 0.1) is 0 Å². The molecule has 2 heterocycles. The fraction of sp³-hybridized carbons (Fsp3) is 0.300. The molecule has 1 amide bonds. The second-order valence-corrected chi connectivity index (χ2v) is 10.5. The van der Waals surface area contributed by atoms with Crippen molar-refractivity contribution >= 4 is 54.0 Å². The number of piperazine rings is 1. The van der Waals surface area contributed by atoms with Crippen LogP contribution in [-0.2, 0) is 9.84 Å². The van der Waals surface area contributed by atoms with Crippen LogP contribution < -0.4 is 9.64 Å². The van der Waals surface area contributed by atoms with Gasteiger partial charge in [0.25, 0.3) is 5.91 Å². The summed E-state index contributed by atoms with van der Waals surface area (Å²) in [6.45, 7) is 2.35. The van der Waals surface area contributed by atoms with Gasteiger partial charge in [-0.3, -0.25) is 4.79 Å². The molecule has 158 valence electrons. The zero-order valence-corrected chi connectivity index (χ0v) is 18.9. The summed E-state index contributed by atoms with van der Waals surface area (Å²) in [5.41, 5.74) is 1.22. The largest absolute Gasteiger partial charge is 0.496 e. The summed E-state index contributed by atoms with van der Waals surface area (Å²) in [5, 5.41) is 1.31. The van der Waals surface area contributed by atoms with Gasteiger partial charge in [-0.1, -0.05) is 22.9 Å². The predicted molar refractivity (Wildman–Crippen MR) is 119 cm³/mol. The van der Waals surface area contributed by atoms with Crippen molar-refractivity contribution in [3.8, 4) is 5.75 Å². The van der Waals surface area contributed by atoms with E-state index in [9.17, 15) is 13.2 Å². The number of carbonyl (C=O) groups is 1. The molecule has 0 atom stereocenters. The summed E-state index contributed by atoms with van der Waals surface area (Å²) >= 11 is 7.52. The maximum absolute atomic E-state index is 12.9. The van der Waals surface area contributed by atoms with Crippen molar-refractivity contribution in [3.05, 3.63) is 47.0 Å². The number of ether oxygens (including phenoxy) is 1. The molecule has 4 rings (SSSR count). The van der Waals surface area contributed by atoms with Crippen molar-refractivity contribution in [2.75, 3.05) is 44.4 Å². The smallest absolute Gasteiger partial charge is 0.257 e. The fourth-order valence-corrected chi connectivity index (χ4v) is 5.33. The molecule has 1 aliphatic heterocycles. The zero-order chi connectivity index (χ0) is 21.5. The number of aromatic nitrogens is 1. The Labute approximate surface area is 183 Å². The van der Waals surface area contributed by atoms with Gasteiger partial charge >= 0.3 is 0 Å². The van der Waals surface area contributed by atoms with Gasteiger partial charge in [-0.05, 0) is 36.4 Å². The lowest BCUT2D eigenvalue weighted by Crippen LogP contribution is -2.48. The van der Waals surface area contributed by atoms with Gasteiger partial charge in [0.1, 0.15) is 5.75 Å². The van der Waals surface area contributed by atoms with Gasteiger partial charge in [-0.15, -0.1) is 0 Å². The second kappa shape index (κ2) is 8.05. The lowest BCUT2D eigenvalue weighted by molar-refractivity contribution is 0.0743. The third-order valence-electron chi connectivity index (χ3n) is 5.01. The molecule has 0 radical (unpaired) electrons. The first-order valence-electron chi connectivity index (χ1n) is 9.24. The van der Waals surface area contributed by atoms with Crippen LogP contribution >= 0.6 is 22.9 Å². The molecule has 2 aromatic carbocycles. The first-order chi connectivity index (χ1) is 14.3. The van der Waals surface area contributed by atoms with Gasteiger partial charge in [-0.25, -0.2) is 13.4 Å². The number of hydrogen-bond donors (Lipinski definition) is 0. The number of sulfone groups is 1. The van der Waals surface area contributed by atoms with Crippen molar-refractivity contribution in [2.24, 2.45) is 0 Å². The normalized spacial score (nSPS) is 14.9. The van der Waals surface area contributed by atoms with Gasteiger partial charge in [0.15, 0.2) is 15.0 Å². The van der Waals surface area contributed by atoms with Gasteiger partial charge < -0.3 is 14.5 Å². The minimum atomic E-state index is -3.26. The summed E-state index contributed by atoms with van der Waals surface area (Å²) in [7, 11) is -1.73. The summed E-state index contributed by atoms with van der Waals surface area (Å²) in [6.07, 6.45) is 1.20. The molecular weight excluding hydrogens is 446 g/mol. The van der Waals surface area contributed by atoms with Crippen molar-refractivity contribution < 1.29 is 17.9 Å². The minimum absolute atomic E-state index is 0.115. The number of amides is 1. The van der Waals surface area contributed by atoms with Gasteiger partial charge in [0.2, 0.25) is 0 Å². The van der Waals surface area contributed by atoms with Crippen LogP contribution in [0.5, 0.6) is 5.75 Å². The van der Waals surface area contributed by atoms with Crippen LogP contribution in [0.1, 0.15) is 10.4 Å². The molecule has 1 saturated heterocycles. The van der Waals surface area contributed by atoms with Gasteiger partial charge in [0, 0.05) is 37.5 Å². The van der Waals surface area contributed by atoms with Crippen LogP contribution in [0.4, 0.5) is 5.13 Å². The second-order valence-electron chi connectivity index (χ2n) is 7.02. The molecule has 1 fully saturated rings. The Morgan fingerprint density at radius 2 is 1.87 bits per heavy atom. The van der Waals surface area contributed by atoms with Crippen LogP contribution in [0.25, 0.3) is 10.2 Å². The third kappa shape index (κ3) is 4.10. The Kier molecular flexibility index (Phi) is 5.61. The summed E-state index contributed by atoms with van der Waals surface area (Å²) < 4.78 is 29.7. The van der Waals surface area contributed by atoms with E-state index in [0.29, 0.717) is 42.5 Å². The topological polar surface area (TPSA) is 79.8 Å². The van der Waals surface area contributed by atoms with Crippen LogP contribution in [0.3, 0.4) is 0 Å². The lowest BCUT2D eigenvalue weighted by Gasteiger charge is -2.34.